The van der Waals surface area contributed by atoms with Crippen LogP contribution in [0.3, 0.4) is 0 Å². The fourth-order valence-electron chi connectivity index (χ4n) is 1.19. The summed E-state index contributed by atoms with van der Waals surface area (Å²) >= 11 is 0. The molecule has 0 heterocycles. The molecule has 0 amide bonds. The molecule has 0 saturated heterocycles. The summed E-state index contributed by atoms with van der Waals surface area (Å²) in [7, 11) is 0. The monoisotopic (exact) mass is 224 g/mol. The molecule has 1 atom stereocenters. The van der Waals surface area contributed by atoms with Crippen LogP contribution in [0, 0.1) is 5.82 Å². The van der Waals surface area contributed by atoms with Gasteiger partial charge in [-0.1, -0.05) is 6.07 Å². The van der Waals surface area contributed by atoms with E-state index in [9.17, 15) is 17.6 Å². The Kier molecular flexibility index (Phi) is 3.31. The summed E-state index contributed by atoms with van der Waals surface area (Å²) in [5, 5.41) is 8.29. The third kappa shape index (κ3) is 2.66. The molecule has 1 aromatic rings. The van der Waals surface area contributed by atoms with E-state index in [0.717, 1.165) is 12.1 Å². The van der Waals surface area contributed by atoms with Crippen molar-refractivity contribution in [1.82, 2.24) is 0 Å². The summed E-state index contributed by atoms with van der Waals surface area (Å²) in [4.78, 5) is 3.79. The van der Waals surface area contributed by atoms with E-state index in [1.807, 2.05) is 0 Å². The van der Waals surface area contributed by atoms with Gasteiger partial charge in [0.25, 0.3) is 0 Å². The fraction of sp³-hybridized carbons (Fsp3) is 0.333. The molecule has 2 nitrogen and oxygen atoms in total. The highest BCUT2D eigenvalue weighted by Gasteiger charge is 2.35. The van der Waals surface area contributed by atoms with Gasteiger partial charge in [0.15, 0.2) is 0 Å². The lowest BCUT2D eigenvalue weighted by Crippen LogP contribution is -2.12. The minimum Gasteiger partial charge on any atom is -0.251 e. The van der Waals surface area contributed by atoms with E-state index in [2.05, 4.69) is 4.89 Å². The van der Waals surface area contributed by atoms with Crippen molar-refractivity contribution in [2.45, 2.75) is 19.2 Å². The van der Waals surface area contributed by atoms with Crippen LogP contribution in [0.4, 0.5) is 17.6 Å². The molecule has 0 aliphatic heterocycles. The van der Waals surface area contributed by atoms with E-state index in [4.69, 9.17) is 5.26 Å². The Bertz CT molecular complexity index is 348. The van der Waals surface area contributed by atoms with Crippen molar-refractivity contribution in [3.8, 4) is 0 Å². The van der Waals surface area contributed by atoms with Gasteiger partial charge in [0, 0.05) is 0 Å². The van der Waals surface area contributed by atoms with Gasteiger partial charge in [-0.15, -0.1) is 0 Å². The van der Waals surface area contributed by atoms with Crippen molar-refractivity contribution < 1.29 is 27.7 Å². The zero-order chi connectivity index (χ0) is 11.6. The van der Waals surface area contributed by atoms with Crippen LogP contribution in [0.2, 0.25) is 0 Å². The molecular formula is C9H8F4O2. The Morgan fingerprint density at radius 3 is 2.40 bits per heavy atom. The Morgan fingerprint density at radius 2 is 1.93 bits per heavy atom. The van der Waals surface area contributed by atoms with Crippen LogP contribution >= 0.6 is 0 Å². The zero-order valence-corrected chi connectivity index (χ0v) is 7.68. The normalized spacial score (nSPS) is 14.0. The van der Waals surface area contributed by atoms with Gasteiger partial charge in [0.05, 0.1) is 5.56 Å². The Hall–Kier alpha value is -1.14. The minimum absolute atomic E-state index is 0.314. The van der Waals surface area contributed by atoms with Crippen LogP contribution in [-0.2, 0) is 11.1 Å². The molecule has 0 radical (unpaired) electrons. The predicted molar refractivity (Wildman–Crippen MR) is 43.5 cm³/mol. The molecule has 0 spiro atoms. The molecule has 0 bridgehead atoms. The van der Waals surface area contributed by atoms with Crippen molar-refractivity contribution in [3.63, 3.8) is 0 Å². The van der Waals surface area contributed by atoms with Crippen molar-refractivity contribution in [2.24, 2.45) is 0 Å². The van der Waals surface area contributed by atoms with Crippen LogP contribution in [0.25, 0.3) is 0 Å². The zero-order valence-electron chi connectivity index (χ0n) is 7.68. The van der Waals surface area contributed by atoms with E-state index >= 15 is 0 Å². The van der Waals surface area contributed by atoms with E-state index in [-0.39, 0.29) is 5.56 Å². The summed E-state index contributed by atoms with van der Waals surface area (Å²) in [6.07, 6.45) is -5.84. The quantitative estimate of drug-likeness (QED) is 0.474. The standard InChI is InChI=1S/C9H8F4O2/c1-5(15-14)7-3-2-6(10)4-8(7)9(11,12)13/h2-5,14H,1H3. The fourth-order valence-corrected chi connectivity index (χ4v) is 1.19. The largest absolute Gasteiger partial charge is 0.416 e. The van der Waals surface area contributed by atoms with Gasteiger partial charge in [0.1, 0.15) is 11.9 Å². The van der Waals surface area contributed by atoms with Gasteiger partial charge in [-0.25, -0.2) is 9.28 Å². The van der Waals surface area contributed by atoms with Gasteiger partial charge in [0.2, 0.25) is 0 Å². The number of alkyl halides is 3. The van der Waals surface area contributed by atoms with Crippen molar-refractivity contribution in [3.05, 3.63) is 35.1 Å². The lowest BCUT2D eigenvalue weighted by atomic mass is 10.0. The third-order valence-electron chi connectivity index (χ3n) is 1.92. The molecule has 1 unspecified atom stereocenters. The van der Waals surface area contributed by atoms with Crippen LogP contribution in [0.1, 0.15) is 24.2 Å². The summed E-state index contributed by atoms with van der Waals surface area (Å²) < 4.78 is 49.9. The summed E-state index contributed by atoms with van der Waals surface area (Å²) in [5.41, 5.74) is -1.46. The minimum atomic E-state index is -4.68. The lowest BCUT2D eigenvalue weighted by molar-refractivity contribution is -0.278. The summed E-state index contributed by atoms with van der Waals surface area (Å²) in [6.45, 7) is 1.22. The third-order valence-corrected chi connectivity index (χ3v) is 1.92. The van der Waals surface area contributed by atoms with Crippen LogP contribution in [0.5, 0.6) is 0 Å². The van der Waals surface area contributed by atoms with Crippen molar-refractivity contribution in [2.75, 3.05) is 0 Å². The number of hydrogen-bond acceptors (Lipinski definition) is 2. The van der Waals surface area contributed by atoms with Gasteiger partial charge in [-0.2, -0.15) is 13.2 Å². The average molecular weight is 224 g/mol. The van der Waals surface area contributed by atoms with Gasteiger partial charge in [-0.3, -0.25) is 5.26 Å². The average Bonchev–Trinajstić information content (AvgIpc) is 2.15. The Morgan fingerprint density at radius 1 is 1.33 bits per heavy atom. The smallest absolute Gasteiger partial charge is 0.251 e. The molecule has 6 heteroatoms. The highest BCUT2D eigenvalue weighted by Crippen LogP contribution is 2.35. The van der Waals surface area contributed by atoms with Gasteiger partial charge >= 0.3 is 6.18 Å². The highest BCUT2D eigenvalue weighted by molar-refractivity contribution is 5.31. The topological polar surface area (TPSA) is 29.5 Å². The lowest BCUT2D eigenvalue weighted by Gasteiger charge is -2.15. The molecule has 0 aromatic heterocycles. The maximum absolute atomic E-state index is 12.6. The first-order valence-electron chi connectivity index (χ1n) is 4.03. The van der Waals surface area contributed by atoms with E-state index in [1.54, 1.807) is 0 Å². The highest BCUT2D eigenvalue weighted by atomic mass is 19.4. The Balaban J connectivity index is 3.27. The molecule has 1 aromatic carbocycles. The van der Waals surface area contributed by atoms with E-state index in [0.29, 0.717) is 6.07 Å². The molecule has 1 N–H and O–H groups in total. The second kappa shape index (κ2) is 4.16. The first-order valence-corrected chi connectivity index (χ1v) is 4.03. The first kappa shape index (κ1) is 11.9. The maximum atomic E-state index is 12.6. The SMILES string of the molecule is CC(OO)c1ccc(F)cc1C(F)(F)F. The van der Waals surface area contributed by atoms with Crippen LogP contribution in [-0.4, -0.2) is 5.26 Å². The Labute approximate surface area is 83.0 Å². The van der Waals surface area contributed by atoms with Gasteiger partial charge < -0.3 is 0 Å². The summed E-state index contributed by atoms with van der Waals surface area (Å²) in [5.74, 6) is -0.990. The molecular weight excluding hydrogens is 216 g/mol. The molecule has 0 aliphatic carbocycles. The molecule has 0 aliphatic rings. The molecule has 15 heavy (non-hydrogen) atoms. The molecule has 1 rings (SSSR count). The molecule has 84 valence electrons. The van der Waals surface area contributed by atoms with Gasteiger partial charge in [-0.05, 0) is 24.6 Å². The second-order valence-electron chi connectivity index (χ2n) is 2.98. The number of rotatable bonds is 2. The van der Waals surface area contributed by atoms with Crippen molar-refractivity contribution >= 4 is 0 Å². The van der Waals surface area contributed by atoms with Crippen LogP contribution < -0.4 is 0 Å². The first-order chi connectivity index (χ1) is 6.86. The molecule has 0 saturated carbocycles. The second-order valence-corrected chi connectivity index (χ2v) is 2.98. The number of hydrogen-bond donors (Lipinski definition) is 1. The number of halogens is 4. The number of benzene rings is 1. The van der Waals surface area contributed by atoms with E-state index < -0.39 is 23.7 Å². The predicted octanol–water partition coefficient (Wildman–Crippen LogP) is 3.40. The maximum Gasteiger partial charge on any atom is 0.416 e. The molecule has 0 fully saturated rings. The summed E-state index contributed by atoms with van der Waals surface area (Å²) in [6, 6.07) is 2.17. The van der Waals surface area contributed by atoms with E-state index in [1.165, 1.54) is 6.92 Å². The van der Waals surface area contributed by atoms with Crippen LogP contribution in [0.15, 0.2) is 18.2 Å². The van der Waals surface area contributed by atoms with Crippen molar-refractivity contribution in [1.29, 1.82) is 0 Å².